The van der Waals surface area contributed by atoms with Gasteiger partial charge in [-0.05, 0) is 59.3 Å². The first-order chi connectivity index (χ1) is 15.0. The number of hydrogen-bond donors (Lipinski definition) is 2. The maximum atomic E-state index is 13.2. The predicted molar refractivity (Wildman–Crippen MR) is 120 cm³/mol. The fourth-order valence-corrected chi connectivity index (χ4v) is 3.92. The van der Waals surface area contributed by atoms with E-state index in [2.05, 4.69) is 10.3 Å². The van der Waals surface area contributed by atoms with Crippen molar-refractivity contribution < 1.29 is 13.9 Å². The number of ether oxygens (including phenoxy) is 1. The van der Waals surface area contributed by atoms with Crippen molar-refractivity contribution in [2.75, 3.05) is 12.4 Å². The van der Waals surface area contributed by atoms with Gasteiger partial charge in [0.1, 0.15) is 11.6 Å². The Morgan fingerprint density at radius 2 is 1.94 bits per heavy atom. The molecule has 2 amide bonds. The highest BCUT2D eigenvalue weighted by Gasteiger charge is 2.18. The van der Waals surface area contributed by atoms with Gasteiger partial charge in [0, 0.05) is 22.2 Å². The van der Waals surface area contributed by atoms with E-state index in [4.69, 9.17) is 4.74 Å². The molecule has 0 fully saturated rings. The lowest BCUT2D eigenvalue weighted by Gasteiger charge is -2.22. The van der Waals surface area contributed by atoms with Crippen molar-refractivity contribution in [2.24, 2.45) is 0 Å². The monoisotopic (exact) mass is 437 g/mol. The molecular weight excluding hydrogens is 417 g/mol. The minimum atomic E-state index is -0.382. The number of aromatic nitrogens is 1. The molecule has 4 aromatic rings. The van der Waals surface area contributed by atoms with Gasteiger partial charge in [-0.25, -0.2) is 9.18 Å². The Morgan fingerprint density at radius 3 is 2.65 bits per heavy atom. The number of carbonyl (C=O) groups excluding carboxylic acids is 1. The summed E-state index contributed by atoms with van der Waals surface area (Å²) in [6.45, 7) is 0.451. The number of halogens is 1. The first-order valence-electron chi connectivity index (χ1n) is 9.55. The van der Waals surface area contributed by atoms with Gasteiger partial charge in [-0.1, -0.05) is 6.07 Å². The summed E-state index contributed by atoms with van der Waals surface area (Å²) in [4.78, 5) is 31.1. The molecule has 0 radical (unpaired) electrons. The Bertz CT molecular complexity index is 1250. The van der Waals surface area contributed by atoms with Crippen LogP contribution in [-0.4, -0.2) is 23.0 Å². The first kappa shape index (κ1) is 20.6. The summed E-state index contributed by atoms with van der Waals surface area (Å²) in [6.07, 6.45) is 0. The maximum Gasteiger partial charge on any atom is 0.322 e. The van der Waals surface area contributed by atoms with Gasteiger partial charge >= 0.3 is 6.03 Å². The number of nitrogens with zero attached hydrogens (tertiary/aromatic N) is 1. The van der Waals surface area contributed by atoms with Crippen LogP contribution < -0.4 is 15.6 Å². The minimum Gasteiger partial charge on any atom is -0.497 e. The van der Waals surface area contributed by atoms with Gasteiger partial charge < -0.3 is 19.9 Å². The van der Waals surface area contributed by atoms with Crippen LogP contribution in [0.1, 0.15) is 10.4 Å². The number of H-pyrrole nitrogens is 1. The molecule has 0 aliphatic rings. The third kappa shape index (κ3) is 4.92. The second kappa shape index (κ2) is 9.01. The molecule has 31 heavy (non-hydrogen) atoms. The summed E-state index contributed by atoms with van der Waals surface area (Å²) in [5.74, 6) is 0.265. The molecule has 2 N–H and O–H groups in total. The number of anilines is 1. The minimum absolute atomic E-state index is 0.113. The van der Waals surface area contributed by atoms with Crippen LogP contribution in [0.15, 0.2) is 70.8 Å². The van der Waals surface area contributed by atoms with Crippen molar-refractivity contribution >= 4 is 34.0 Å². The number of thiophene rings is 1. The number of aromatic amines is 1. The quantitative estimate of drug-likeness (QED) is 0.447. The largest absolute Gasteiger partial charge is 0.497 e. The molecule has 0 atom stereocenters. The maximum absolute atomic E-state index is 13.2. The van der Waals surface area contributed by atoms with Gasteiger partial charge in [0.2, 0.25) is 0 Å². The third-order valence-corrected chi connectivity index (χ3v) is 5.66. The highest BCUT2D eigenvalue weighted by molar-refractivity contribution is 7.09. The number of methoxy groups -OCH3 is 1. The Balaban J connectivity index is 1.62. The molecule has 0 saturated heterocycles. The van der Waals surface area contributed by atoms with E-state index < -0.39 is 0 Å². The average Bonchev–Trinajstić information content (AvgIpc) is 3.28. The predicted octanol–water partition coefficient (Wildman–Crippen LogP) is 4.97. The van der Waals surface area contributed by atoms with Gasteiger partial charge in [-0.2, -0.15) is 0 Å². The molecule has 0 spiro atoms. The number of nitrogens with one attached hydrogen (secondary N) is 2. The number of urea groups is 1. The fourth-order valence-electron chi connectivity index (χ4n) is 3.20. The van der Waals surface area contributed by atoms with Gasteiger partial charge in [0.15, 0.2) is 0 Å². The summed E-state index contributed by atoms with van der Waals surface area (Å²) >= 11 is 1.53. The molecule has 158 valence electrons. The number of rotatable bonds is 6. The highest BCUT2D eigenvalue weighted by Crippen LogP contribution is 2.20. The number of benzene rings is 2. The van der Waals surface area contributed by atoms with Crippen LogP contribution >= 0.6 is 11.3 Å². The summed E-state index contributed by atoms with van der Waals surface area (Å²) in [5.41, 5.74) is 1.32. The Kier molecular flexibility index (Phi) is 5.99. The smallest absolute Gasteiger partial charge is 0.322 e. The second-order valence-electron chi connectivity index (χ2n) is 6.95. The van der Waals surface area contributed by atoms with Crippen LogP contribution in [0.25, 0.3) is 10.9 Å². The second-order valence-corrected chi connectivity index (χ2v) is 7.98. The Hall–Kier alpha value is -3.65. The zero-order valence-electron chi connectivity index (χ0n) is 16.7. The van der Waals surface area contributed by atoms with Crippen molar-refractivity contribution in [2.45, 2.75) is 13.1 Å². The summed E-state index contributed by atoms with van der Waals surface area (Å²) < 4.78 is 18.4. The van der Waals surface area contributed by atoms with E-state index in [1.165, 1.54) is 35.6 Å². The number of pyridine rings is 1. The summed E-state index contributed by atoms with van der Waals surface area (Å²) in [6, 6.07) is 16.2. The summed E-state index contributed by atoms with van der Waals surface area (Å²) in [7, 11) is 1.57. The molecule has 0 aliphatic heterocycles. The lowest BCUT2D eigenvalue weighted by Crippen LogP contribution is -2.35. The standard InChI is InChI=1S/C23H20FN3O3S/c1-30-19-9-4-15-11-16(22(28)26-21(15)12-19)13-27(14-20-3-2-10-31-20)23(29)25-18-7-5-17(24)6-8-18/h2-12H,13-14H2,1H3,(H,25,29)(H,26,28). The lowest BCUT2D eigenvalue weighted by molar-refractivity contribution is 0.207. The highest BCUT2D eigenvalue weighted by atomic mass is 32.1. The lowest BCUT2D eigenvalue weighted by atomic mass is 10.1. The fraction of sp³-hybridized carbons (Fsp3) is 0.130. The van der Waals surface area contributed by atoms with Crippen molar-refractivity contribution in [3.63, 3.8) is 0 Å². The van der Waals surface area contributed by atoms with Gasteiger partial charge in [0.05, 0.1) is 25.7 Å². The molecule has 6 nitrogen and oxygen atoms in total. The van der Waals surface area contributed by atoms with E-state index in [0.717, 1.165) is 10.3 Å². The molecule has 0 unspecified atom stereocenters. The molecule has 0 aliphatic carbocycles. The number of carbonyl (C=O) groups is 1. The van der Waals surface area contributed by atoms with E-state index in [1.54, 1.807) is 24.1 Å². The van der Waals surface area contributed by atoms with E-state index in [9.17, 15) is 14.0 Å². The first-order valence-corrected chi connectivity index (χ1v) is 10.4. The molecule has 2 aromatic carbocycles. The molecule has 0 saturated carbocycles. The number of amides is 2. The molecule has 0 bridgehead atoms. The van der Waals surface area contributed by atoms with E-state index in [0.29, 0.717) is 29.1 Å². The van der Waals surface area contributed by atoms with Crippen LogP contribution in [0.3, 0.4) is 0 Å². The van der Waals surface area contributed by atoms with Crippen LogP contribution in [0.4, 0.5) is 14.9 Å². The van der Waals surface area contributed by atoms with Crippen molar-refractivity contribution in [1.82, 2.24) is 9.88 Å². The average molecular weight is 437 g/mol. The summed E-state index contributed by atoms with van der Waals surface area (Å²) in [5, 5.41) is 5.54. The SMILES string of the molecule is COc1ccc2cc(CN(Cc3cccs3)C(=O)Nc3ccc(F)cc3)c(=O)[nH]c2c1. The molecular formula is C23H20FN3O3S. The number of fused-ring (bicyclic) bond motifs is 1. The normalized spacial score (nSPS) is 10.8. The molecule has 8 heteroatoms. The van der Waals surface area contributed by atoms with Gasteiger partial charge in [-0.15, -0.1) is 11.3 Å². The van der Waals surface area contributed by atoms with Crippen LogP contribution in [-0.2, 0) is 13.1 Å². The Morgan fingerprint density at radius 1 is 1.13 bits per heavy atom. The topological polar surface area (TPSA) is 74.4 Å². The van der Waals surface area contributed by atoms with Crippen LogP contribution in [0.2, 0.25) is 0 Å². The zero-order valence-corrected chi connectivity index (χ0v) is 17.5. The van der Waals surface area contributed by atoms with Gasteiger partial charge in [-0.3, -0.25) is 4.79 Å². The van der Waals surface area contributed by atoms with E-state index in [-0.39, 0.29) is 24.0 Å². The molecule has 4 rings (SSSR count). The van der Waals surface area contributed by atoms with E-state index in [1.807, 2.05) is 29.6 Å². The Labute approximate surface area is 181 Å². The van der Waals surface area contributed by atoms with Crippen molar-refractivity contribution in [3.8, 4) is 5.75 Å². The van der Waals surface area contributed by atoms with Crippen molar-refractivity contribution in [1.29, 1.82) is 0 Å². The van der Waals surface area contributed by atoms with Crippen LogP contribution in [0.5, 0.6) is 5.75 Å². The molecule has 2 aromatic heterocycles. The van der Waals surface area contributed by atoms with E-state index >= 15 is 0 Å². The van der Waals surface area contributed by atoms with Crippen molar-refractivity contribution in [3.05, 3.63) is 92.7 Å². The number of hydrogen-bond acceptors (Lipinski definition) is 4. The van der Waals surface area contributed by atoms with Gasteiger partial charge in [0.25, 0.3) is 5.56 Å². The molecule has 2 heterocycles. The van der Waals surface area contributed by atoms with Crippen LogP contribution in [0, 0.1) is 5.82 Å². The zero-order chi connectivity index (χ0) is 21.8. The third-order valence-electron chi connectivity index (χ3n) is 4.80.